The van der Waals surface area contributed by atoms with Gasteiger partial charge in [0.1, 0.15) is 5.58 Å². The normalized spacial score (nSPS) is 15.2. The van der Waals surface area contributed by atoms with Crippen LogP contribution in [-0.4, -0.2) is 11.8 Å². The van der Waals surface area contributed by atoms with Crippen LogP contribution in [0.2, 0.25) is 0 Å². The van der Waals surface area contributed by atoms with Gasteiger partial charge in [0, 0.05) is 27.7 Å². The van der Waals surface area contributed by atoms with Crippen molar-refractivity contribution in [1.29, 1.82) is 0 Å². The fourth-order valence-corrected chi connectivity index (χ4v) is 7.56. The molecule has 2 heterocycles. The van der Waals surface area contributed by atoms with Crippen LogP contribution in [0.15, 0.2) is 198 Å². The van der Waals surface area contributed by atoms with Gasteiger partial charge in [-0.2, -0.15) is 0 Å². The molecule has 1 aromatic heterocycles. The van der Waals surface area contributed by atoms with E-state index in [1.807, 2.05) is 18.2 Å². The van der Waals surface area contributed by atoms with Gasteiger partial charge in [-0.15, -0.1) is 0 Å². The maximum atomic E-state index is 6.80. The van der Waals surface area contributed by atoms with Crippen molar-refractivity contribution >= 4 is 66.9 Å². The summed E-state index contributed by atoms with van der Waals surface area (Å²) < 4.78 is 6.80. The number of para-hydroxylation sites is 2. The summed E-state index contributed by atoms with van der Waals surface area (Å²) in [4.78, 5) is 7.50. The highest BCUT2D eigenvalue weighted by Crippen LogP contribution is 2.46. The highest BCUT2D eigenvalue weighted by Gasteiger charge is 2.25. The maximum absolute atomic E-state index is 6.80. The number of aliphatic imine (C=N–C) groups is 1. The van der Waals surface area contributed by atoms with E-state index in [2.05, 4.69) is 180 Å². The molecule has 0 saturated heterocycles. The number of nitrogens with one attached hydrogen (secondary N) is 1. The van der Waals surface area contributed by atoms with Crippen LogP contribution in [-0.2, 0) is 0 Å². The molecule has 1 aliphatic carbocycles. The molecule has 0 amide bonds. The number of rotatable bonds is 6. The molecule has 1 N–H and O–H groups in total. The van der Waals surface area contributed by atoms with E-state index in [4.69, 9.17) is 9.41 Å². The minimum atomic E-state index is 0.0504. The zero-order chi connectivity index (χ0) is 34.4. The molecule has 7 aromatic carbocycles. The van der Waals surface area contributed by atoms with Crippen molar-refractivity contribution in [1.82, 2.24) is 5.32 Å². The van der Waals surface area contributed by atoms with Crippen LogP contribution in [0.25, 0.3) is 55.2 Å². The summed E-state index contributed by atoms with van der Waals surface area (Å²) in [6.07, 6.45) is 8.37. The summed E-state index contributed by atoms with van der Waals surface area (Å²) in [5.74, 6) is 0. The Labute approximate surface area is 302 Å². The fourth-order valence-electron chi connectivity index (χ4n) is 7.56. The fraction of sp³-hybridized carbons (Fsp3) is 0.0208. The number of anilines is 3. The largest absolute Gasteiger partial charge is 0.454 e. The third-order valence-corrected chi connectivity index (χ3v) is 10.1. The molecule has 0 fully saturated rings. The Hall–Kier alpha value is -6.91. The van der Waals surface area contributed by atoms with Gasteiger partial charge in [-0.3, -0.25) is 0 Å². The number of hydrogen-bond acceptors (Lipinski definition) is 4. The summed E-state index contributed by atoms with van der Waals surface area (Å²) in [7, 11) is 0. The molecule has 1 atom stereocenters. The van der Waals surface area contributed by atoms with Gasteiger partial charge < -0.3 is 14.6 Å². The van der Waals surface area contributed by atoms with Crippen LogP contribution in [0.1, 0.15) is 11.1 Å². The number of allylic oxidation sites excluding steroid dienone is 2. The molecule has 0 spiro atoms. The van der Waals surface area contributed by atoms with Crippen LogP contribution < -0.4 is 10.2 Å². The van der Waals surface area contributed by atoms with Crippen molar-refractivity contribution in [2.24, 2.45) is 4.99 Å². The van der Waals surface area contributed by atoms with E-state index in [1.54, 1.807) is 0 Å². The SMILES string of the molecule is C1=CC2=NC(c3ccc(-c4ccc(N(c5ccccc5)c5ccc6ccccc6c5)c5oc6ccccc6c45)cc3)=C(c3ccccc3)NC2C=C1. The first-order chi connectivity index (χ1) is 25.8. The van der Waals surface area contributed by atoms with Crippen LogP contribution in [0.5, 0.6) is 0 Å². The molecule has 52 heavy (non-hydrogen) atoms. The summed E-state index contributed by atoms with van der Waals surface area (Å²) in [6, 6.07) is 57.8. The Morgan fingerprint density at radius 2 is 1.31 bits per heavy atom. The summed E-state index contributed by atoms with van der Waals surface area (Å²) in [5.41, 5.74) is 12.2. The lowest BCUT2D eigenvalue weighted by Gasteiger charge is -2.28. The molecule has 4 nitrogen and oxygen atoms in total. The van der Waals surface area contributed by atoms with Crippen molar-refractivity contribution < 1.29 is 4.42 Å². The van der Waals surface area contributed by atoms with Gasteiger partial charge >= 0.3 is 0 Å². The molecule has 1 unspecified atom stereocenters. The Kier molecular flexibility index (Phi) is 7.17. The van der Waals surface area contributed by atoms with Gasteiger partial charge in [0.25, 0.3) is 0 Å². The molecular formula is C48H33N3O. The summed E-state index contributed by atoms with van der Waals surface area (Å²) in [5, 5.41) is 8.33. The zero-order valence-corrected chi connectivity index (χ0v) is 28.3. The minimum absolute atomic E-state index is 0.0504. The summed E-state index contributed by atoms with van der Waals surface area (Å²) >= 11 is 0. The van der Waals surface area contributed by atoms with Crippen LogP contribution in [0.3, 0.4) is 0 Å². The van der Waals surface area contributed by atoms with E-state index < -0.39 is 0 Å². The highest BCUT2D eigenvalue weighted by atomic mass is 16.3. The first-order valence-corrected chi connectivity index (χ1v) is 17.7. The lowest BCUT2D eigenvalue weighted by atomic mass is 9.95. The van der Waals surface area contributed by atoms with E-state index in [-0.39, 0.29) is 6.04 Å². The number of fused-ring (bicyclic) bond motifs is 5. The van der Waals surface area contributed by atoms with E-state index in [9.17, 15) is 0 Å². The molecule has 246 valence electrons. The van der Waals surface area contributed by atoms with Crippen molar-refractivity contribution in [3.63, 3.8) is 0 Å². The molecule has 1 aliphatic heterocycles. The predicted octanol–water partition coefficient (Wildman–Crippen LogP) is 12.2. The first kappa shape index (κ1) is 30.0. The second kappa shape index (κ2) is 12.4. The van der Waals surface area contributed by atoms with Crippen LogP contribution in [0.4, 0.5) is 17.1 Å². The van der Waals surface area contributed by atoms with Gasteiger partial charge in [-0.05, 0) is 69.9 Å². The second-order valence-corrected chi connectivity index (χ2v) is 13.2. The standard InChI is InChI=1S/C48H33N3O/c1-3-14-34(15-4-1)46-47(50-42-21-11-10-20-41(42)49-46)35-25-23-33(24-26-35)39-29-30-43(48-45(39)40-19-9-12-22-44(40)52-48)51(37-17-5-2-6-18-37)38-28-27-32-13-7-8-16-36(32)31-38/h1-31,41,49H. The Bertz CT molecular complexity index is 2750. The topological polar surface area (TPSA) is 40.8 Å². The third-order valence-electron chi connectivity index (χ3n) is 10.1. The monoisotopic (exact) mass is 667 g/mol. The van der Waals surface area contributed by atoms with Gasteiger partial charge in [0.2, 0.25) is 0 Å². The molecule has 4 heteroatoms. The van der Waals surface area contributed by atoms with E-state index in [0.29, 0.717) is 0 Å². The average molecular weight is 668 g/mol. The van der Waals surface area contributed by atoms with Crippen molar-refractivity contribution in [3.05, 3.63) is 199 Å². The molecule has 0 radical (unpaired) electrons. The number of benzene rings is 7. The van der Waals surface area contributed by atoms with Crippen molar-refractivity contribution in [3.8, 4) is 11.1 Å². The molecule has 8 aromatic rings. The molecule has 10 rings (SSSR count). The molecule has 0 bridgehead atoms. The molecular weight excluding hydrogens is 635 g/mol. The first-order valence-electron chi connectivity index (χ1n) is 17.7. The molecule has 2 aliphatic rings. The van der Waals surface area contributed by atoms with Gasteiger partial charge in [0.05, 0.1) is 28.8 Å². The number of hydrogen-bond donors (Lipinski definition) is 1. The van der Waals surface area contributed by atoms with Gasteiger partial charge in [-0.25, -0.2) is 4.99 Å². The van der Waals surface area contributed by atoms with Crippen molar-refractivity contribution in [2.45, 2.75) is 6.04 Å². The molecule has 0 saturated carbocycles. The van der Waals surface area contributed by atoms with E-state index in [0.717, 1.165) is 78.4 Å². The Balaban J connectivity index is 1.13. The lowest BCUT2D eigenvalue weighted by Crippen LogP contribution is -2.37. The lowest BCUT2D eigenvalue weighted by molar-refractivity contribution is 0.669. The van der Waals surface area contributed by atoms with Crippen molar-refractivity contribution in [2.75, 3.05) is 4.90 Å². The number of furan rings is 1. The van der Waals surface area contributed by atoms with Crippen LogP contribution >= 0.6 is 0 Å². The second-order valence-electron chi connectivity index (χ2n) is 13.2. The van der Waals surface area contributed by atoms with Gasteiger partial charge in [0.15, 0.2) is 5.58 Å². The Morgan fingerprint density at radius 3 is 2.15 bits per heavy atom. The summed E-state index contributed by atoms with van der Waals surface area (Å²) in [6.45, 7) is 0. The van der Waals surface area contributed by atoms with Crippen LogP contribution in [0, 0.1) is 0 Å². The third kappa shape index (κ3) is 5.12. The number of nitrogens with zero attached hydrogens (tertiary/aromatic N) is 2. The average Bonchev–Trinajstić information content (AvgIpc) is 3.61. The smallest absolute Gasteiger partial charge is 0.160 e. The van der Waals surface area contributed by atoms with E-state index >= 15 is 0 Å². The van der Waals surface area contributed by atoms with E-state index in [1.165, 1.54) is 10.8 Å². The highest BCUT2D eigenvalue weighted by molar-refractivity contribution is 6.17. The van der Waals surface area contributed by atoms with Gasteiger partial charge in [-0.1, -0.05) is 146 Å². The predicted molar refractivity (Wildman–Crippen MR) is 217 cm³/mol. The zero-order valence-electron chi connectivity index (χ0n) is 28.3. The Morgan fingerprint density at radius 1 is 0.577 bits per heavy atom. The quantitative estimate of drug-likeness (QED) is 0.192. The minimum Gasteiger partial charge on any atom is -0.454 e. The maximum Gasteiger partial charge on any atom is 0.160 e.